The first-order valence-electron chi connectivity index (χ1n) is 3.21. The minimum Gasteiger partial charge on any atom is -0.849 e. The van der Waals surface area contributed by atoms with E-state index in [1.807, 2.05) is 20.8 Å². The second-order valence-corrected chi connectivity index (χ2v) is 2.82. The van der Waals surface area contributed by atoms with Crippen LogP contribution in [-0.2, 0) is 0 Å². The first-order chi connectivity index (χ1) is 3.50. The number of hydrogen-bond acceptors (Lipinski definition) is 1. The predicted octanol–water partition coefficient (Wildman–Crippen LogP) is -1.82. The van der Waals surface area contributed by atoms with Crippen molar-refractivity contribution in [1.82, 2.24) is 0 Å². The summed E-state index contributed by atoms with van der Waals surface area (Å²) in [4.78, 5) is 0. The normalized spacial score (nSPS) is 16.7. The van der Waals surface area contributed by atoms with Gasteiger partial charge in [0.1, 0.15) is 0 Å². The van der Waals surface area contributed by atoms with E-state index in [1.165, 1.54) is 0 Å². The van der Waals surface area contributed by atoms with Gasteiger partial charge in [0.2, 0.25) is 0 Å². The van der Waals surface area contributed by atoms with Crippen LogP contribution in [0.1, 0.15) is 34.1 Å². The monoisotopic (exact) mass is 154 g/mol. The van der Waals surface area contributed by atoms with Crippen LogP contribution in [-0.4, -0.2) is 5.60 Å². The molecule has 0 rings (SSSR count). The summed E-state index contributed by atoms with van der Waals surface area (Å²) in [5, 5.41) is 11.2. The zero-order valence-corrected chi connectivity index (χ0v) is 10.3. The topological polar surface area (TPSA) is 23.1 Å². The molecule has 0 bridgehead atoms. The van der Waals surface area contributed by atoms with Gasteiger partial charge in [0, 0.05) is 0 Å². The van der Waals surface area contributed by atoms with Gasteiger partial charge in [-0.05, 0) is 0 Å². The zero-order chi connectivity index (χ0) is 6.78. The van der Waals surface area contributed by atoms with Gasteiger partial charge in [-0.2, -0.15) is 0 Å². The summed E-state index contributed by atoms with van der Waals surface area (Å²) in [5.41, 5.74) is -0.708. The Balaban J connectivity index is 0. The van der Waals surface area contributed by atoms with Crippen LogP contribution >= 0.6 is 0 Å². The summed E-state index contributed by atoms with van der Waals surface area (Å²) in [5.74, 6) is 0.257. The molecule has 0 fully saturated rings. The van der Waals surface area contributed by atoms with Gasteiger partial charge in [-0.3, -0.25) is 0 Å². The van der Waals surface area contributed by atoms with Crippen LogP contribution in [0.25, 0.3) is 0 Å². The van der Waals surface area contributed by atoms with E-state index in [1.54, 1.807) is 6.92 Å². The Morgan fingerprint density at radius 1 is 1.44 bits per heavy atom. The largest absolute Gasteiger partial charge is 1.00 e. The van der Waals surface area contributed by atoms with E-state index >= 15 is 0 Å². The second-order valence-electron chi connectivity index (χ2n) is 2.82. The van der Waals surface area contributed by atoms with Gasteiger partial charge in [0.25, 0.3) is 0 Å². The fourth-order valence-electron chi connectivity index (χ4n) is 0.408. The molecule has 1 atom stereocenters. The van der Waals surface area contributed by atoms with Crippen LogP contribution in [0.15, 0.2) is 0 Å². The van der Waals surface area contributed by atoms with E-state index in [0.717, 1.165) is 6.42 Å². The molecule has 0 aromatic carbocycles. The van der Waals surface area contributed by atoms with Crippen molar-refractivity contribution in [2.24, 2.45) is 5.92 Å². The van der Waals surface area contributed by atoms with Crippen molar-refractivity contribution < 1.29 is 56.5 Å². The molecular weight excluding hydrogens is 139 g/mol. The van der Waals surface area contributed by atoms with Crippen LogP contribution in [0.5, 0.6) is 0 Å². The summed E-state index contributed by atoms with van der Waals surface area (Å²) in [6, 6.07) is 0. The van der Waals surface area contributed by atoms with Crippen LogP contribution in [0.4, 0.5) is 0 Å². The molecular formula is C7H15KO. The minimum absolute atomic E-state index is 0. The smallest absolute Gasteiger partial charge is 0.849 e. The van der Waals surface area contributed by atoms with Gasteiger partial charge >= 0.3 is 51.4 Å². The van der Waals surface area contributed by atoms with Crippen molar-refractivity contribution in [3.63, 3.8) is 0 Å². The van der Waals surface area contributed by atoms with Gasteiger partial charge in [0.15, 0.2) is 0 Å². The molecule has 0 aromatic heterocycles. The Hall–Kier alpha value is 1.60. The average molecular weight is 154 g/mol. The Bertz CT molecular complexity index is 69.3. The molecule has 0 aliphatic heterocycles. The molecule has 50 valence electrons. The third-order valence-electron chi connectivity index (χ3n) is 1.92. The SMILES string of the molecule is CCC(C)([O-])C(C)C.[K+]. The van der Waals surface area contributed by atoms with Crippen LogP contribution in [0.2, 0.25) is 0 Å². The maximum absolute atomic E-state index is 11.2. The molecule has 0 saturated carbocycles. The van der Waals surface area contributed by atoms with Gasteiger partial charge in [-0.15, -0.1) is 5.60 Å². The molecule has 0 aromatic rings. The average Bonchev–Trinajstić information content (AvgIpc) is 1.67. The van der Waals surface area contributed by atoms with E-state index in [2.05, 4.69) is 0 Å². The van der Waals surface area contributed by atoms with E-state index in [9.17, 15) is 5.11 Å². The first kappa shape index (κ1) is 13.2. The van der Waals surface area contributed by atoms with Crippen molar-refractivity contribution in [2.45, 2.75) is 39.7 Å². The second kappa shape index (κ2) is 5.27. The van der Waals surface area contributed by atoms with Crippen molar-refractivity contribution in [3.05, 3.63) is 0 Å². The Labute approximate surface area is 101 Å². The van der Waals surface area contributed by atoms with Gasteiger partial charge in [-0.1, -0.05) is 40.0 Å². The quantitative estimate of drug-likeness (QED) is 0.429. The van der Waals surface area contributed by atoms with Crippen molar-refractivity contribution in [3.8, 4) is 0 Å². The van der Waals surface area contributed by atoms with Crippen molar-refractivity contribution >= 4 is 0 Å². The van der Waals surface area contributed by atoms with Gasteiger partial charge < -0.3 is 5.11 Å². The van der Waals surface area contributed by atoms with E-state index in [-0.39, 0.29) is 57.3 Å². The first-order valence-corrected chi connectivity index (χ1v) is 3.21. The fraction of sp³-hybridized carbons (Fsp3) is 1.00. The molecule has 1 nitrogen and oxygen atoms in total. The van der Waals surface area contributed by atoms with E-state index in [4.69, 9.17) is 0 Å². The zero-order valence-electron chi connectivity index (χ0n) is 7.19. The molecule has 0 aliphatic rings. The maximum atomic E-state index is 11.2. The van der Waals surface area contributed by atoms with Crippen molar-refractivity contribution in [2.75, 3.05) is 0 Å². The van der Waals surface area contributed by atoms with Crippen molar-refractivity contribution in [1.29, 1.82) is 0 Å². The fourth-order valence-corrected chi connectivity index (χ4v) is 0.408. The van der Waals surface area contributed by atoms with E-state index in [0.29, 0.717) is 0 Å². The molecule has 0 radical (unpaired) electrons. The Kier molecular flexibility index (Phi) is 7.74. The maximum Gasteiger partial charge on any atom is 1.00 e. The molecule has 1 unspecified atom stereocenters. The van der Waals surface area contributed by atoms with Crippen LogP contribution in [0, 0.1) is 5.92 Å². The van der Waals surface area contributed by atoms with Crippen LogP contribution in [0.3, 0.4) is 0 Å². The van der Waals surface area contributed by atoms with Crippen LogP contribution < -0.4 is 56.5 Å². The standard InChI is InChI=1S/C7H15O.K/c1-5-7(4,8)6(2)3;/h6H,5H2,1-4H3;/q-1;+1. The molecule has 9 heavy (non-hydrogen) atoms. The third-order valence-corrected chi connectivity index (χ3v) is 1.92. The Morgan fingerprint density at radius 3 is 1.78 bits per heavy atom. The molecule has 0 amide bonds. The van der Waals surface area contributed by atoms with Gasteiger partial charge in [-0.25, -0.2) is 0 Å². The summed E-state index contributed by atoms with van der Waals surface area (Å²) in [7, 11) is 0. The molecule has 0 spiro atoms. The molecule has 2 heteroatoms. The molecule has 0 heterocycles. The van der Waals surface area contributed by atoms with Gasteiger partial charge in [0.05, 0.1) is 0 Å². The molecule has 0 aliphatic carbocycles. The summed E-state index contributed by atoms with van der Waals surface area (Å²) >= 11 is 0. The minimum atomic E-state index is -0.708. The third kappa shape index (κ3) is 4.93. The number of rotatable bonds is 2. The summed E-state index contributed by atoms with van der Waals surface area (Å²) in [6.45, 7) is 7.64. The number of hydrogen-bond donors (Lipinski definition) is 0. The summed E-state index contributed by atoms with van der Waals surface area (Å²) in [6.07, 6.45) is 0.727. The molecule has 0 N–H and O–H groups in total. The predicted molar refractivity (Wildman–Crippen MR) is 33.5 cm³/mol. The summed E-state index contributed by atoms with van der Waals surface area (Å²) < 4.78 is 0. The Morgan fingerprint density at radius 2 is 1.78 bits per heavy atom. The molecule has 0 saturated heterocycles. The van der Waals surface area contributed by atoms with E-state index < -0.39 is 5.60 Å².